The number of fused-ring (bicyclic) bond motifs is 1. The third kappa shape index (κ3) is 5.58. The third-order valence-corrected chi connectivity index (χ3v) is 6.58. The Morgan fingerprint density at radius 2 is 1.79 bits per heavy atom. The van der Waals surface area contributed by atoms with Crippen molar-refractivity contribution < 1.29 is 14.3 Å². The number of esters is 1. The van der Waals surface area contributed by atoms with Crippen molar-refractivity contribution in [2.24, 2.45) is 0 Å². The van der Waals surface area contributed by atoms with Gasteiger partial charge in [0.05, 0.1) is 6.61 Å². The van der Waals surface area contributed by atoms with E-state index >= 15 is 0 Å². The Bertz CT molecular complexity index is 1110. The fraction of sp³-hybridized carbons (Fsp3) is 0.321. The Labute approximate surface area is 201 Å². The summed E-state index contributed by atoms with van der Waals surface area (Å²) in [7, 11) is 0. The van der Waals surface area contributed by atoms with Crippen LogP contribution in [0.5, 0.6) is 11.5 Å². The molecule has 0 saturated heterocycles. The van der Waals surface area contributed by atoms with Gasteiger partial charge in [-0.05, 0) is 60.2 Å². The molecule has 3 aromatic rings. The molecule has 0 atom stereocenters. The first kappa shape index (κ1) is 23.3. The van der Waals surface area contributed by atoms with Crippen LogP contribution in [0.25, 0.3) is 0 Å². The maximum absolute atomic E-state index is 13.1. The molecule has 0 unspecified atom stereocenters. The molecule has 0 radical (unpaired) electrons. The number of hydrogen-bond donors (Lipinski definition) is 0. The second-order valence-corrected chi connectivity index (χ2v) is 8.86. The lowest BCUT2D eigenvalue weighted by atomic mass is 9.98. The Morgan fingerprint density at radius 3 is 2.55 bits per heavy atom. The molecular formula is C28H30ClNO3. The summed E-state index contributed by atoms with van der Waals surface area (Å²) in [4.78, 5) is 15.5. The highest BCUT2D eigenvalue weighted by Gasteiger charge is 2.24. The topological polar surface area (TPSA) is 38.8 Å². The summed E-state index contributed by atoms with van der Waals surface area (Å²) >= 11 is 6.81. The maximum Gasteiger partial charge on any atom is 0.347 e. The van der Waals surface area contributed by atoms with Gasteiger partial charge in [-0.15, -0.1) is 0 Å². The lowest BCUT2D eigenvalue weighted by molar-refractivity contribution is 0.0729. The van der Waals surface area contributed by atoms with Crippen LogP contribution in [-0.2, 0) is 19.5 Å². The van der Waals surface area contributed by atoms with E-state index in [1.54, 1.807) is 12.1 Å². The molecule has 1 aliphatic rings. The van der Waals surface area contributed by atoms with Gasteiger partial charge in [0.25, 0.3) is 0 Å². The first-order chi connectivity index (χ1) is 16.1. The molecular weight excluding hydrogens is 434 g/mol. The number of halogens is 1. The number of hydrogen-bond acceptors (Lipinski definition) is 4. The zero-order valence-corrected chi connectivity index (χ0v) is 20.0. The van der Waals surface area contributed by atoms with E-state index in [9.17, 15) is 4.79 Å². The third-order valence-electron chi connectivity index (χ3n) is 6.05. The summed E-state index contributed by atoms with van der Waals surface area (Å²) in [5.74, 6) is 0.581. The molecule has 1 heterocycles. The van der Waals surface area contributed by atoms with Crippen LogP contribution in [0.3, 0.4) is 0 Å². The van der Waals surface area contributed by atoms with Crippen LogP contribution in [0.4, 0.5) is 0 Å². The van der Waals surface area contributed by atoms with Crippen LogP contribution >= 0.6 is 11.6 Å². The molecule has 172 valence electrons. The largest absolute Gasteiger partial charge is 0.493 e. The number of para-hydroxylation sites is 1. The molecule has 0 aliphatic carbocycles. The van der Waals surface area contributed by atoms with Gasteiger partial charge in [-0.1, -0.05) is 67.4 Å². The van der Waals surface area contributed by atoms with Gasteiger partial charge < -0.3 is 9.47 Å². The van der Waals surface area contributed by atoms with Gasteiger partial charge in [-0.25, -0.2) is 4.79 Å². The van der Waals surface area contributed by atoms with Crippen molar-refractivity contribution in [3.63, 3.8) is 0 Å². The van der Waals surface area contributed by atoms with Crippen LogP contribution < -0.4 is 9.47 Å². The van der Waals surface area contributed by atoms with E-state index in [2.05, 4.69) is 36.1 Å². The average Bonchev–Trinajstić information content (AvgIpc) is 2.83. The van der Waals surface area contributed by atoms with Crippen molar-refractivity contribution in [1.82, 2.24) is 4.90 Å². The smallest absolute Gasteiger partial charge is 0.347 e. The molecule has 0 N–H and O–H groups in total. The van der Waals surface area contributed by atoms with Gasteiger partial charge in [0.15, 0.2) is 0 Å². The van der Waals surface area contributed by atoms with Gasteiger partial charge in [-0.2, -0.15) is 0 Å². The predicted octanol–water partition coefficient (Wildman–Crippen LogP) is 6.60. The normalized spacial score (nSPS) is 13.4. The highest BCUT2D eigenvalue weighted by molar-refractivity contribution is 6.32. The Balaban J connectivity index is 1.61. The molecule has 5 heteroatoms. The highest BCUT2D eigenvalue weighted by atomic mass is 35.5. The maximum atomic E-state index is 13.1. The van der Waals surface area contributed by atoms with E-state index in [1.807, 2.05) is 31.2 Å². The van der Waals surface area contributed by atoms with Crippen LogP contribution in [0.2, 0.25) is 5.02 Å². The van der Waals surface area contributed by atoms with Crippen molar-refractivity contribution >= 4 is 17.6 Å². The predicted molar refractivity (Wildman–Crippen MR) is 132 cm³/mol. The minimum Gasteiger partial charge on any atom is -0.493 e. The van der Waals surface area contributed by atoms with Crippen molar-refractivity contribution in [1.29, 1.82) is 0 Å². The van der Waals surface area contributed by atoms with E-state index in [0.29, 0.717) is 40.8 Å². The van der Waals surface area contributed by atoms with Crippen molar-refractivity contribution in [2.45, 2.75) is 46.2 Å². The first-order valence-electron chi connectivity index (χ1n) is 11.6. The van der Waals surface area contributed by atoms with E-state index in [4.69, 9.17) is 21.1 Å². The zero-order chi connectivity index (χ0) is 23.2. The minimum absolute atomic E-state index is 0.396. The van der Waals surface area contributed by atoms with Crippen LogP contribution in [0, 0.1) is 6.92 Å². The SMILES string of the molecule is CCCCOc1cc(CN2CCc3ccccc3C2)c(Cl)c(C)c1C(=O)Oc1ccccc1. The summed E-state index contributed by atoms with van der Waals surface area (Å²) in [5.41, 5.74) is 4.83. The monoisotopic (exact) mass is 463 g/mol. The number of carbonyl (C=O) groups excluding carboxylic acids is 1. The number of ether oxygens (including phenoxy) is 2. The van der Waals surface area contributed by atoms with Crippen molar-refractivity contribution in [3.8, 4) is 11.5 Å². The van der Waals surface area contributed by atoms with E-state index in [-0.39, 0.29) is 0 Å². The lowest BCUT2D eigenvalue weighted by Crippen LogP contribution is -2.30. The fourth-order valence-electron chi connectivity index (χ4n) is 4.21. The first-order valence-corrected chi connectivity index (χ1v) is 12.0. The molecule has 33 heavy (non-hydrogen) atoms. The van der Waals surface area contributed by atoms with E-state index in [0.717, 1.165) is 37.9 Å². The lowest BCUT2D eigenvalue weighted by Gasteiger charge is -2.29. The van der Waals surface area contributed by atoms with Crippen molar-refractivity contribution in [3.05, 3.63) is 93.5 Å². The molecule has 0 aromatic heterocycles. The average molecular weight is 464 g/mol. The summed E-state index contributed by atoms with van der Waals surface area (Å²) in [6.07, 6.45) is 2.94. The fourth-order valence-corrected chi connectivity index (χ4v) is 4.42. The number of unbranched alkanes of at least 4 members (excludes halogenated alkanes) is 1. The Hall–Kier alpha value is -2.82. The number of rotatable bonds is 8. The summed E-state index contributed by atoms with van der Waals surface area (Å²) < 4.78 is 11.7. The molecule has 3 aromatic carbocycles. The van der Waals surface area contributed by atoms with Gasteiger partial charge in [-0.3, -0.25) is 4.90 Å². The molecule has 0 amide bonds. The molecule has 4 rings (SSSR count). The number of benzene rings is 3. The summed E-state index contributed by atoms with van der Waals surface area (Å²) in [5, 5.41) is 0.594. The molecule has 0 spiro atoms. The molecule has 0 fully saturated rings. The number of nitrogens with zero attached hydrogens (tertiary/aromatic N) is 1. The summed E-state index contributed by atoms with van der Waals surface area (Å²) in [6.45, 7) is 7.07. The highest BCUT2D eigenvalue weighted by Crippen LogP contribution is 2.35. The van der Waals surface area contributed by atoms with Crippen LogP contribution in [0.15, 0.2) is 60.7 Å². The standard InChI is InChI=1S/C28H30ClNO3/c1-3-4-16-32-25-17-23(19-30-15-14-21-10-8-9-11-22(21)18-30)27(29)20(2)26(25)28(31)33-24-12-6-5-7-13-24/h5-13,17H,3-4,14-16,18-19H2,1-2H3. The van der Waals surface area contributed by atoms with E-state index in [1.165, 1.54) is 11.1 Å². The molecule has 4 nitrogen and oxygen atoms in total. The second kappa shape index (κ2) is 10.9. The molecule has 1 aliphatic heterocycles. The van der Waals surface area contributed by atoms with Gasteiger partial charge in [0.2, 0.25) is 0 Å². The Kier molecular flexibility index (Phi) is 7.69. The minimum atomic E-state index is -0.453. The molecule has 0 saturated carbocycles. The zero-order valence-electron chi connectivity index (χ0n) is 19.3. The van der Waals surface area contributed by atoms with Gasteiger partial charge in [0.1, 0.15) is 17.1 Å². The van der Waals surface area contributed by atoms with Gasteiger partial charge in [0, 0.05) is 24.7 Å². The van der Waals surface area contributed by atoms with Crippen LogP contribution in [-0.4, -0.2) is 24.0 Å². The Morgan fingerprint density at radius 1 is 1.06 bits per heavy atom. The molecule has 0 bridgehead atoms. The quantitative estimate of drug-likeness (QED) is 0.214. The van der Waals surface area contributed by atoms with Crippen LogP contribution in [0.1, 0.15) is 52.4 Å². The van der Waals surface area contributed by atoms with Gasteiger partial charge >= 0.3 is 5.97 Å². The summed E-state index contributed by atoms with van der Waals surface area (Å²) in [6, 6.07) is 19.6. The van der Waals surface area contributed by atoms with E-state index < -0.39 is 5.97 Å². The number of carbonyl (C=O) groups is 1. The van der Waals surface area contributed by atoms with Crippen molar-refractivity contribution in [2.75, 3.05) is 13.2 Å². The second-order valence-electron chi connectivity index (χ2n) is 8.48.